The van der Waals surface area contributed by atoms with Crippen LogP contribution in [0.2, 0.25) is 0 Å². The van der Waals surface area contributed by atoms with Gasteiger partial charge in [-0.1, -0.05) is 23.8 Å². The fourth-order valence-corrected chi connectivity index (χ4v) is 4.29. The number of benzene rings is 1. The summed E-state index contributed by atoms with van der Waals surface area (Å²) in [5.74, 6) is 0. The van der Waals surface area contributed by atoms with E-state index in [0.29, 0.717) is 24.5 Å². The van der Waals surface area contributed by atoms with Crippen LogP contribution in [0.25, 0.3) is 0 Å². The van der Waals surface area contributed by atoms with Gasteiger partial charge in [0.15, 0.2) is 0 Å². The molecule has 22 heavy (non-hydrogen) atoms. The summed E-state index contributed by atoms with van der Waals surface area (Å²) < 4.78 is 27.5. The molecule has 1 aliphatic heterocycles. The minimum atomic E-state index is -3.51. The summed E-state index contributed by atoms with van der Waals surface area (Å²) in [6, 6.07) is 10.5. The fourth-order valence-electron chi connectivity index (χ4n) is 2.68. The molecule has 5 nitrogen and oxygen atoms in total. The zero-order chi connectivity index (χ0) is 15.6. The van der Waals surface area contributed by atoms with Crippen LogP contribution in [0.4, 0.5) is 0 Å². The van der Waals surface area contributed by atoms with Crippen LogP contribution in [0.1, 0.15) is 17.2 Å². The molecule has 1 atom stereocenters. The lowest BCUT2D eigenvalue weighted by molar-refractivity contribution is 0.271. The van der Waals surface area contributed by atoms with Crippen molar-refractivity contribution in [3.05, 3.63) is 59.9 Å². The van der Waals surface area contributed by atoms with Crippen molar-refractivity contribution in [2.24, 2.45) is 0 Å². The molecule has 0 saturated carbocycles. The van der Waals surface area contributed by atoms with E-state index < -0.39 is 10.0 Å². The Bertz CT molecular complexity index is 730. The first-order valence-electron chi connectivity index (χ1n) is 7.28. The van der Waals surface area contributed by atoms with Crippen LogP contribution in [0.5, 0.6) is 0 Å². The minimum absolute atomic E-state index is 0.228. The molecule has 1 aromatic carbocycles. The van der Waals surface area contributed by atoms with Gasteiger partial charge in [-0.05, 0) is 30.7 Å². The number of aryl methyl sites for hydroxylation is 1. The number of sulfonamides is 1. The van der Waals surface area contributed by atoms with Crippen molar-refractivity contribution in [1.82, 2.24) is 14.6 Å². The van der Waals surface area contributed by atoms with Gasteiger partial charge in [-0.3, -0.25) is 4.98 Å². The summed E-state index contributed by atoms with van der Waals surface area (Å²) in [6.45, 7) is 3.65. The summed E-state index contributed by atoms with van der Waals surface area (Å²) in [4.78, 5) is 4.45. The minimum Gasteiger partial charge on any atom is -0.313 e. The standard InChI is InChI=1S/C16H19N3O2S/c1-13-4-6-15(7-5-13)22(20,21)19-10-9-18-12-16(19)14-3-2-8-17-11-14/h2-8,11,16,18H,9-10,12H2,1H3. The second-order valence-electron chi connectivity index (χ2n) is 5.44. The van der Waals surface area contributed by atoms with Crippen LogP contribution >= 0.6 is 0 Å². The van der Waals surface area contributed by atoms with Gasteiger partial charge in [0, 0.05) is 32.0 Å². The Morgan fingerprint density at radius 2 is 2.00 bits per heavy atom. The number of piperazine rings is 1. The molecule has 2 aromatic rings. The molecule has 116 valence electrons. The monoisotopic (exact) mass is 317 g/mol. The molecule has 0 bridgehead atoms. The van der Waals surface area contributed by atoms with Crippen molar-refractivity contribution in [2.45, 2.75) is 17.9 Å². The van der Waals surface area contributed by atoms with Gasteiger partial charge in [-0.15, -0.1) is 0 Å². The van der Waals surface area contributed by atoms with Crippen molar-refractivity contribution in [1.29, 1.82) is 0 Å². The van der Waals surface area contributed by atoms with E-state index in [-0.39, 0.29) is 6.04 Å². The third-order valence-corrected chi connectivity index (χ3v) is 5.81. The number of rotatable bonds is 3. The molecule has 0 radical (unpaired) electrons. The van der Waals surface area contributed by atoms with Gasteiger partial charge >= 0.3 is 0 Å². The van der Waals surface area contributed by atoms with Crippen molar-refractivity contribution in [3.63, 3.8) is 0 Å². The van der Waals surface area contributed by atoms with E-state index in [9.17, 15) is 8.42 Å². The number of hydrogen-bond donors (Lipinski definition) is 1. The van der Waals surface area contributed by atoms with Crippen molar-refractivity contribution < 1.29 is 8.42 Å². The first kappa shape index (κ1) is 15.1. The molecular weight excluding hydrogens is 298 g/mol. The highest BCUT2D eigenvalue weighted by molar-refractivity contribution is 7.89. The highest BCUT2D eigenvalue weighted by Gasteiger charge is 2.34. The first-order chi connectivity index (χ1) is 10.6. The maximum absolute atomic E-state index is 13.0. The van der Waals surface area contributed by atoms with Crippen molar-refractivity contribution >= 4 is 10.0 Å². The highest BCUT2D eigenvalue weighted by Crippen LogP contribution is 2.28. The predicted octanol–water partition coefficient (Wildman–Crippen LogP) is 1.73. The Hall–Kier alpha value is -1.76. The molecule has 0 aliphatic carbocycles. The maximum atomic E-state index is 13.0. The number of nitrogens with zero attached hydrogens (tertiary/aromatic N) is 2. The van der Waals surface area contributed by atoms with Crippen molar-refractivity contribution in [3.8, 4) is 0 Å². The molecular formula is C16H19N3O2S. The molecule has 1 unspecified atom stereocenters. The van der Waals surface area contributed by atoms with Gasteiger partial charge in [-0.2, -0.15) is 4.31 Å². The fraction of sp³-hybridized carbons (Fsp3) is 0.312. The summed E-state index contributed by atoms with van der Waals surface area (Å²) >= 11 is 0. The number of pyridine rings is 1. The van der Waals surface area contributed by atoms with E-state index in [2.05, 4.69) is 10.3 Å². The predicted molar refractivity (Wildman–Crippen MR) is 84.9 cm³/mol. The SMILES string of the molecule is Cc1ccc(S(=O)(=O)N2CCNCC2c2cccnc2)cc1. The Kier molecular flexibility index (Phi) is 4.24. The zero-order valence-corrected chi connectivity index (χ0v) is 13.3. The van der Waals surface area contributed by atoms with Gasteiger partial charge in [-0.25, -0.2) is 8.42 Å². The lowest BCUT2D eigenvalue weighted by atomic mass is 10.1. The molecule has 1 saturated heterocycles. The average molecular weight is 317 g/mol. The zero-order valence-electron chi connectivity index (χ0n) is 12.4. The molecule has 0 amide bonds. The van der Waals surface area contributed by atoms with Gasteiger partial charge in [0.1, 0.15) is 0 Å². The van der Waals surface area contributed by atoms with Gasteiger partial charge in [0.25, 0.3) is 0 Å². The molecule has 0 spiro atoms. The third kappa shape index (κ3) is 2.90. The van der Waals surface area contributed by atoms with Gasteiger partial charge in [0.05, 0.1) is 10.9 Å². The average Bonchev–Trinajstić information content (AvgIpc) is 2.56. The largest absolute Gasteiger partial charge is 0.313 e. The molecule has 1 fully saturated rings. The lowest BCUT2D eigenvalue weighted by Crippen LogP contribution is -2.48. The van der Waals surface area contributed by atoms with E-state index in [1.54, 1.807) is 28.8 Å². The van der Waals surface area contributed by atoms with Gasteiger partial charge < -0.3 is 5.32 Å². The Morgan fingerprint density at radius 1 is 1.23 bits per heavy atom. The molecule has 1 N–H and O–H groups in total. The third-order valence-electron chi connectivity index (χ3n) is 3.89. The van der Waals surface area contributed by atoms with E-state index in [4.69, 9.17) is 0 Å². The van der Waals surface area contributed by atoms with Crippen molar-refractivity contribution in [2.75, 3.05) is 19.6 Å². The number of aromatic nitrogens is 1. The summed E-state index contributed by atoms with van der Waals surface area (Å²) in [5, 5.41) is 3.26. The second-order valence-corrected chi connectivity index (χ2v) is 7.33. The maximum Gasteiger partial charge on any atom is 0.243 e. The van der Waals surface area contributed by atoms with Crippen LogP contribution in [-0.4, -0.2) is 37.3 Å². The van der Waals surface area contributed by atoms with Crippen LogP contribution in [-0.2, 0) is 10.0 Å². The normalized spacial score (nSPS) is 20.0. The van der Waals surface area contributed by atoms with Crippen LogP contribution < -0.4 is 5.32 Å². The van der Waals surface area contributed by atoms with Crippen LogP contribution in [0, 0.1) is 6.92 Å². The van der Waals surface area contributed by atoms with Gasteiger partial charge in [0.2, 0.25) is 10.0 Å². The van der Waals surface area contributed by atoms with E-state index in [1.807, 2.05) is 31.2 Å². The quantitative estimate of drug-likeness (QED) is 0.936. The van der Waals surface area contributed by atoms with E-state index in [0.717, 1.165) is 11.1 Å². The topological polar surface area (TPSA) is 62.3 Å². The number of hydrogen-bond acceptors (Lipinski definition) is 4. The molecule has 6 heteroatoms. The van der Waals surface area contributed by atoms with E-state index >= 15 is 0 Å². The van der Waals surface area contributed by atoms with Crippen LogP contribution in [0.15, 0.2) is 53.7 Å². The molecule has 1 aliphatic rings. The Morgan fingerprint density at radius 3 is 2.68 bits per heavy atom. The molecule has 3 rings (SSSR count). The second kappa shape index (κ2) is 6.16. The first-order valence-corrected chi connectivity index (χ1v) is 8.72. The molecule has 2 heterocycles. The lowest BCUT2D eigenvalue weighted by Gasteiger charge is -2.35. The summed E-state index contributed by atoms with van der Waals surface area (Å²) in [5.41, 5.74) is 1.95. The Balaban J connectivity index is 1.98. The molecule has 1 aromatic heterocycles. The van der Waals surface area contributed by atoms with Crippen LogP contribution in [0.3, 0.4) is 0 Å². The smallest absolute Gasteiger partial charge is 0.243 e. The number of nitrogens with one attached hydrogen (secondary N) is 1. The van der Waals surface area contributed by atoms with E-state index in [1.165, 1.54) is 0 Å². The summed E-state index contributed by atoms with van der Waals surface area (Å²) in [6.07, 6.45) is 3.42. The Labute approximate surface area is 131 Å². The highest BCUT2D eigenvalue weighted by atomic mass is 32.2. The summed E-state index contributed by atoms with van der Waals surface area (Å²) in [7, 11) is -3.51.